The third-order valence-electron chi connectivity index (χ3n) is 1.67. The number of rotatable bonds is 8. The standard InChI is InChI=1S/C10H21NO2S/c1-3-5-9-13-10(14)11-7-6-8-12-4-2/h3-9H2,1-2H3,(H,11,14). The summed E-state index contributed by atoms with van der Waals surface area (Å²) in [5.41, 5.74) is 0. The van der Waals surface area contributed by atoms with Gasteiger partial charge in [-0.15, -0.1) is 0 Å². The van der Waals surface area contributed by atoms with E-state index < -0.39 is 0 Å². The SMILES string of the molecule is CCCCOC(=S)NCCCOCC. The summed E-state index contributed by atoms with van der Waals surface area (Å²) < 4.78 is 10.5. The Morgan fingerprint density at radius 1 is 1.21 bits per heavy atom. The number of nitrogens with one attached hydrogen (secondary N) is 1. The highest BCUT2D eigenvalue weighted by atomic mass is 32.1. The van der Waals surface area contributed by atoms with Gasteiger partial charge in [-0.1, -0.05) is 13.3 Å². The molecule has 0 amide bonds. The van der Waals surface area contributed by atoms with Crippen LogP contribution >= 0.6 is 12.2 Å². The highest BCUT2D eigenvalue weighted by Gasteiger charge is 1.95. The molecule has 0 bridgehead atoms. The van der Waals surface area contributed by atoms with Crippen molar-refractivity contribution in [2.75, 3.05) is 26.4 Å². The maximum atomic E-state index is 5.27. The molecule has 0 aliphatic rings. The summed E-state index contributed by atoms with van der Waals surface area (Å²) in [7, 11) is 0. The van der Waals surface area contributed by atoms with Crippen LogP contribution in [0.1, 0.15) is 33.1 Å². The fourth-order valence-corrected chi connectivity index (χ4v) is 1.05. The van der Waals surface area contributed by atoms with Crippen LogP contribution < -0.4 is 5.32 Å². The molecule has 0 saturated heterocycles. The largest absolute Gasteiger partial charge is 0.471 e. The average molecular weight is 219 g/mol. The fourth-order valence-electron chi connectivity index (χ4n) is 0.869. The molecule has 0 aliphatic carbocycles. The molecule has 0 aromatic heterocycles. The normalized spacial score (nSPS) is 9.86. The Labute approximate surface area is 92.2 Å². The van der Waals surface area contributed by atoms with Crippen molar-refractivity contribution in [1.82, 2.24) is 5.32 Å². The van der Waals surface area contributed by atoms with Crippen LogP contribution in [0.3, 0.4) is 0 Å². The van der Waals surface area contributed by atoms with E-state index in [1.165, 1.54) is 0 Å². The van der Waals surface area contributed by atoms with E-state index in [1.807, 2.05) is 6.92 Å². The molecular weight excluding hydrogens is 198 g/mol. The fraction of sp³-hybridized carbons (Fsp3) is 0.900. The summed E-state index contributed by atoms with van der Waals surface area (Å²) in [6.45, 7) is 7.21. The molecule has 0 aromatic carbocycles. The van der Waals surface area contributed by atoms with Crippen LogP contribution in [0.25, 0.3) is 0 Å². The minimum atomic E-state index is 0.509. The predicted octanol–water partition coefficient (Wildman–Crippen LogP) is 2.10. The number of hydrogen-bond acceptors (Lipinski definition) is 3. The first-order valence-corrected chi connectivity index (χ1v) is 5.70. The molecular formula is C10H21NO2S. The lowest BCUT2D eigenvalue weighted by Gasteiger charge is -2.08. The highest BCUT2D eigenvalue weighted by Crippen LogP contribution is 1.89. The monoisotopic (exact) mass is 219 g/mol. The minimum Gasteiger partial charge on any atom is -0.471 e. The van der Waals surface area contributed by atoms with Gasteiger partial charge in [0.15, 0.2) is 0 Å². The number of hydrogen-bond donors (Lipinski definition) is 1. The lowest BCUT2D eigenvalue weighted by atomic mass is 10.4. The van der Waals surface area contributed by atoms with E-state index in [1.54, 1.807) is 0 Å². The molecule has 0 heterocycles. The van der Waals surface area contributed by atoms with Crippen LogP contribution in [0.5, 0.6) is 0 Å². The van der Waals surface area contributed by atoms with Crippen LogP contribution in [-0.2, 0) is 9.47 Å². The van der Waals surface area contributed by atoms with Crippen LogP contribution in [-0.4, -0.2) is 31.5 Å². The van der Waals surface area contributed by atoms with E-state index >= 15 is 0 Å². The summed E-state index contributed by atoms with van der Waals surface area (Å²) in [5, 5.41) is 3.54. The molecule has 0 saturated carbocycles. The summed E-state index contributed by atoms with van der Waals surface area (Å²) in [6, 6.07) is 0. The Hall–Kier alpha value is -0.350. The van der Waals surface area contributed by atoms with Gasteiger partial charge < -0.3 is 14.8 Å². The van der Waals surface area contributed by atoms with Crippen molar-refractivity contribution >= 4 is 17.4 Å². The summed E-state index contributed by atoms with van der Waals surface area (Å²) >= 11 is 4.97. The summed E-state index contributed by atoms with van der Waals surface area (Å²) in [5.74, 6) is 0. The first-order chi connectivity index (χ1) is 6.81. The van der Waals surface area contributed by atoms with Gasteiger partial charge in [0.05, 0.1) is 6.61 Å². The van der Waals surface area contributed by atoms with Gasteiger partial charge in [-0.25, -0.2) is 0 Å². The maximum absolute atomic E-state index is 5.27. The first-order valence-electron chi connectivity index (χ1n) is 5.29. The van der Waals surface area contributed by atoms with E-state index in [2.05, 4.69) is 12.2 Å². The molecule has 4 heteroatoms. The Morgan fingerprint density at radius 3 is 2.64 bits per heavy atom. The van der Waals surface area contributed by atoms with E-state index in [4.69, 9.17) is 21.7 Å². The number of ether oxygens (including phenoxy) is 2. The summed E-state index contributed by atoms with van der Waals surface area (Å²) in [4.78, 5) is 0. The van der Waals surface area contributed by atoms with E-state index in [0.717, 1.165) is 39.0 Å². The van der Waals surface area contributed by atoms with E-state index in [-0.39, 0.29) is 0 Å². The third kappa shape index (κ3) is 9.74. The summed E-state index contributed by atoms with van der Waals surface area (Å²) in [6.07, 6.45) is 3.15. The average Bonchev–Trinajstić information content (AvgIpc) is 2.18. The van der Waals surface area contributed by atoms with Crippen LogP contribution in [0, 0.1) is 0 Å². The van der Waals surface area contributed by atoms with Crippen molar-refractivity contribution in [3.05, 3.63) is 0 Å². The zero-order valence-corrected chi connectivity index (χ0v) is 9.99. The molecule has 0 atom stereocenters. The Morgan fingerprint density at radius 2 is 2.00 bits per heavy atom. The van der Waals surface area contributed by atoms with Gasteiger partial charge in [0, 0.05) is 19.8 Å². The Kier molecular flexibility index (Phi) is 10.5. The lowest BCUT2D eigenvalue weighted by Crippen LogP contribution is -2.26. The molecule has 0 radical (unpaired) electrons. The lowest BCUT2D eigenvalue weighted by molar-refractivity contribution is 0.145. The quantitative estimate of drug-likeness (QED) is 0.500. The third-order valence-corrected chi connectivity index (χ3v) is 1.93. The topological polar surface area (TPSA) is 30.5 Å². The van der Waals surface area contributed by atoms with Gasteiger partial charge >= 0.3 is 0 Å². The smallest absolute Gasteiger partial charge is 0.256 e. The minimum absolute atomic E-state index is 0.509. The molecule has 1 N–H and O–H groups in total. The van der Waals surface area contributed by atoms with Gasteiger partial charge in [0.25, 0.3) is 5.17 Å². The molecule has 14 heavy (non-hydrogen) atoms. The second-order valence-corrected chi connectivity index (χ2v) is 3.34. The van der Waals surface area contributed by atoms with Crippen molar-refractivity contribution in [2.45, 2.75) is 33.1 Å². The number of thiocarbonyl (C=S) groups is 1. The zero-order valence-electron chi connectivity index (χ0n) is 9.17. The van der Waals surface area contributed by atoms with Crippen molar-refractivity contribution in [3.63, 3.8) is 0 Å². The van der Waals surface area contributed by atoms with Crippen LogP contribution in [0.15, 0.2) is 0 Å². The van der Waals surface area contributed by atoms with Gasteiger partial charge in [-0.05, 0) is 32.0 Å². The molecule has 84 valence electrons. The van der Waals surface area contributed by atoms with Gasteiger partial charge in [-0.3, -0.25) is 0 Å². The first kappa shape index (κ1) is 13.7. The molecule has 0 fully saturated rings. The number of unbranched alkanes of at least 4 members (excludes halogenated alkanes) is 1. The molecule has 0 unspecified atom stereocenters. The van der Waals surface area contributed by atoms with E-state index in [0.29, 0.717) is 11.8 Å². The van der Waals surface area contributed by atoms with Crippen molar-refractivity contribution in [1.29, 1.82) is 0 Å². The molecule has 0 rings (SSSR count). The van der Waals surface area contributed by atoms with Crippen LogP contribution in [0.2, 0.25) is 0 Å². The molecule has 0 aromatic rings. The van der Waals surface area contributed by atoms with Crippen molar-refractivity contribution in [3.8, 4) is 0 Å². The maximum Gasteiger partial charge on any atom is 0.256 e. The van der Waals surface area contributed by atoms with Crippen LogP contribution in [0.4, 0.5) is 0 Å². The molecule has 0 aliphatic heterocycles. The van der Waals surface area contributed by atoms with E-state index in [9.17, 15) is 0 Å². The second kappa shape index (κ2) is 10.7. The van der Waals surface area contributed by atoms with Gasteiger partial charge in [0.2, 0.25) is 0 Å². The van der Waals surface area contributed by atoms with Crippen molar-refractivity contribution < 1.29 is 9.47 Å². The Balaban J connectivity index is 3.10. The van der Waals surface area contributed by atoms with Gasteiger partial charge in [-0.2, -0.15) is 0 Å². The molecule has 3 nitrogen and oxygen atoms in total. The predicted molar refractivity (Wildman–Crippen MR) is 62.6 cm³/mol. The zero-order chi connectivity index (χ0) is 10.6. The molecule has 0 spiro atoms. The highest BCUT2D eigenvalue weighted by molar-refractivity contribution is 7.80. The second-order valence-electron chi connectivity index (χ2n) is 2.97. The Bertz CT molecular complexity index is 142. The van der Waals surface area contributed by atoms with Crippen molar-refractivity contribution in [2.24, 2.45) is 0 Å². The van der Waals surface area contributed by atoms with Gasteiger partial charge in [0.1, 0.15) is 0 Å².